The molecule has 1 aliphatic rings. The zero-order valence-corrected chi connectivity index (χ0v) is 11.2. The molecule has 1 amide bonds. The molecule has 0 aromatic rings. The number of carbonyl (C=O) groups excluding carboxylic acids is 1. The van der Waals surface area contributed by atoms with Crippen LogP contribution in [0.2, 0.25) is 0 Å². The van der Waals surface area contributed by atoms with Gasteiger partial charge in [-0.05, 0) is 26.7 Å². The highest BCUT2D eigenvalue weighted by Gasteiger charge is 2.24. The van der Waals surface area contributed by atoms with Crippen LogP contribution in [0.1, 0.15) is 33.1 Å². The van der Waals surface area contributed by atoms with Crippen LogP contribution in [0, 0.1) is 0 Å². The lowest BCUT2D eigenvalue weighted by Crippen LogP contribution is -2.54. The standard InChI is InChI=1S/C12H25N3O2/c1-10-5-4-6-11(2)15(10)14-9-12(16)13-7-8-17-3/h10-11,14H,4-9H2,1-3H3,(H,13,16). The van der Waals surface area contributed by atoms with Crippen LogP contribution in [0.5, 0.6) is 0 Å². The van der Waals surface area contributed by atoms with Crippen molar-refractivity contribution in [2.45, 2.75) is 45.2 Å². The number of nitrogens with zero attached hydrogens (tertiary/aromatic N) is 1. The van der Waals surface area contributed by atoms with Gasteiger partial charge in [-0.15, -0.1) is 0 Å². The topological polar surface area (TPSA) is 53.6 Å². The summed E-state index contributed by atoms with van der Waals surface area (Å²) in [7, 11) is 1.63. The molecule has 17 heavy (non-hydrogen) atoms. The fourth-order valence-corrected chi connectivity index (χ4v) is 2.25. The Hall–Kier alpha value is -0.650. The van der Waals surface area contributed by atoms with Crippen molar-refractivity contribution in [2.75, 3.05) is 26.8 Å². The number of amides is 1. The predicted molar refractivity (Wildman–Crippen MR) is 67.5 cm³/mol. The van der Waals surface area contributed by atoms with Gasteiger partial charge in [0, 0.05) is 25.7 Å². The normalized spacial score (nSPS) is 25.8. The molecule has 5 nitrogen and oxygen atoms in total. The molecule has 0 aliphatic carbocycles. The number of nitrogens with one attached hydrogen (secondary N) is 2. The Bertz CT molecular complexity index is 226. The van der Waals surface area contributed by atoms with Crippen LogP contribution in [-0.4, -0.2) is 49.8 Å². The van der Waals surface area contributed by atoms with E-state index in [0.29, 0.717) is 31.8 Å². The first-order valence-electron chi connectivity index (χ1n) is 6.42. The molecule has 0 radical (unpaired) electrons. The molecule has 0 saturated carbocycles. The number of rotatable bonds is 6. The third-order valence-electron chi connectivity index (χ3n) is 3.24. The molecule has 0 spiro atoms. The maximum Gasteiger partial charge on any atom is 0.235 e. The molecule has 2 unspecified atom stereocenters. The van der Waals surface area contributed by atoms with Gasteiger partial charge in [0.15, 0.2) is 0 Å². The number of carbonyl (C=O) groups is 1. The Balaban J connectivity index is 2.21. The average molecular weight is 243 g/mol. The van der Waals surface area contributed by atoms with Gasteiger partial charge in [-0.25, -0.2) is 10.4 Å². The van der Waals surface area contributed by atoms with Crippen molar-refractivity contribution in [1.29, 1.82) is 0 Å². The lowest BCUT2D eigenvalue weighted by molar-refractivity contribution is -0.122. The summed E-state index contributed by atoms with van der Waals surface area (Å²) in [5.41, 5.74) is 3.23. The van der Waals surface area contributed by atoms with E-state index in [2.05, 4.69) is 29.6 Å². The van der Waals surface area contributed by atoms with Crippen molar-refractivity contribution < 1.29 is 9.53 Å². The smallest absolute Gasteiger partial charge is 0.235 e. The molecular formula is C12H25N3O2. The molecule has 1 rings (SSSR count). The van der Waals surface area contributed by atoms with E-state index in [4.69, 9.17) is 4.74 Å². The Labute approximate surface area is 104 Å². The van der Waals surface area contributed by atoms with Crippen molar-refractivity contribution in [3.05, 3.63) is 0 Å². The van der Waals surface area contributed by atoms with Gasteiger partial charge < -0.3 is 10.1 Å². The lowest BCUT2D eigenvalue weighted by atomic mass is 10.00. The lowest BCUT2D eigenvalue weighted by Gasteiger charge is -2.38. The highest BCUT2D eigenvalue weighted by molar-refractivity contribution is 5.77. The van der Waals surface area contributed by atoms with Gasteiger partial charge in [0.1, 0.15) is 0 Å². The van der Waals surface area contributed by atoms with Gasteiger partial charge in [0.05, 0.1) is 13.2 Å². The molecule has 1 saturated heterocycles. The van der Waals surface area contributed by atoms with Crippen LogP contribution in [0.25, 0.3) is 0 Å². The van der Waals surface area contributed by atoms with Crippen molar-refractivity contribution in [3.63, 3.8) is 0 Å². The van der Waals surface area contributed by atoms with Crippen molar-refractivity contribution in [1.82, 2.24) is 15.8 Å². The SMILES string of the molecule is COCCNC(=O)CNN1C(C)CCCC1C. The van der Waals surface area contributed by atoms with Gasteiger partial charge in [0.2, 0.25) is 5.91 Å². The van der Waals surface area contributed by atoms with Crippen LogP contribution >= 0.6 is 0 Å². The van der Waals surface area contributed by atoms with Gasteiger partial charge >= 0.3 is 0 Å². The van der Waals surface area contributed by atoms with E-state index in [-0.39, 0.29) is 5.91 Å². The van der Waals surface area contributed by atoms with E-state index in [9.17, 15) is 4.79 Å². The minimum atomic E-state index is 0.0204. The number of hydrogen-bond acceptors (Lipinski definition) is 4. The van der Waals surface area contributed by atoms with Gasteiger partial charge in [-0.3, -0.25) is 4.79 Å². The maximum absolute atomic E-state index is 11.5. The fraction of sp³-hybridized carbons (Fsp3) is 0.917. The summed E-state index contributed by atoms with van der Waals surface area (Å²) in [6.45, 7) is 5.87. The summed E-state index contributed by atoms with van der Waals surface area (Å²) in [5.74, 6) is 0.0204. The summed E-state index contributed by atoms with van der Waals surface area (Å²) in [5, 5.41) is 5.01. The van der Waals surface area contributed by atoms with Crippen molar-refractivity contribution in [3.8, 4) is 0 Å². The largest absolute Gasteiger partial charge is 0.383 e. The number of hydrazine groups is 1. The summed E-state index contributed by atoms with van der Waals surface area (Å²) in [4.78, 5) is 11.5. The minimum Gasteiger partial charge on any atom is -0.383 e. The van der Waals surface area contributed by atoms with Crippen LogP contribution in [-0.2, 0) is 9.53 Å². The van der Waals surface area contributed by atoms with E-state index in [1.165, 1.54) is 19.3 Å². The number of hydrogen-bond donors (Lipinski definition) is 2. The first-order valence-corrected chi connectivity index (χ1v) is 6.42. The Morgan fingerprint density at radius 1 is 1.35 bits per heavy atom. The monoisotopic (exact) mass is 243 g/mol. The van der Waals surface area contributed by atoms with E-state index < -0.39 is 0 Å². The molecule has 0 aromatic carbocycles. The van der Waals surface area contributed by atoms with Gasteiger partial charge in [-0.1, -0.05) is 6.42 Å². The summed E-state index contributed by atoms with van der Waals surface area (Å²) in [6, 6.07) is 1.01. The molecule has 1 aliphatic heterocycles. The Morgan fingerprint density at radius 2 is 2.00 bits per heavy atom. The number of ether oxygens (including phenoxy) is 1. The summed E-state index contributed by atoms with van der Waals surface area (Å²) < 4.78 is 4.88. The van der Waals surface area contributed by atoms with E-state index in [1.54, 1.807) is 7.11 Å². The summed E-state index contributed by atoms with van der Waals surface area (Å²) in [6.07, 6.45) is 3.67. The third-order valence-corrected chi connectivity index (χ3v) is 3.24. The van der Waals surface area contributed by atoms with Crippen molar-refractivity contribution in [2.24, 2.45) is 0 Å². The van der Waals surface area contributed by atoms with Crippen molar-refractivity contribution >= 4 is 5.91 Å². The quantitative estimate of drug-likeness (QED) is 0.668. The second kappa shape index (κ2) is 7.63. The molecule has 2 atom stereocenters. The van der Waals surface area contributed by atoms with Crippen LogP contribution in [0.3, 0.4) is 0 Å². The molecule has 0 aromatic heterocycles. The van der Waals surface area contributed by atoms with Crippen LogP contribution < -0.4 is 10.7 Å². The van der Waals surface area contributed by atoms with E-state index in [0.717, 1.165) is 0 Å². The summed E-state index contributed by atoms with van der Waals surface area (Å²) >= 11 is 0. The third kappa shape index (κ3) is 5.02. The number of methoxy groups -OCH3 is 1. The molecule has 0 bridgehead atoms. The first-order chi connectivity index (χ1) is 8.15. The van der Waals surface area contributed by atoms with E-state index in [1.807, 2.05) is 0 Å². The molecule has 100 valence electrons. The predicted octanol–water partition coefficient (Wildman–Crippen LogP) is 0.517. The van der Waals surface area contributed by atoms with Crippen LogP contribution in [0.15, 0.2) is 0 Å². The molecular weight excluding hydrogens is 218 g/mol. The fourth-order valence-electron chi connectivity index (χ4n) is 2.25. The first kappa shape index (κ1) is 14.4. The second-order valence-electron chi connectivity index (χ2n) is 4.71. The van der Waals surface area contributed by atoms with E-state index >= 15 is 0 Å². The molecule has 1 fully saturated rings. The molecule has 1 heterocycles. The molecule has 2 N–H and O–H groups in total. The van der Waals surface area contributed by atoms with Gasteiger partial charge in [-0.2, -0.15) is 0 Å². The zero-order valence-electron chi connectivity index (χ0n) is 11.2. The van der Waals surface area contributed by atoms with Gasteiger partial charge in [0.25, 0.3) is 0 Å². The number of piperidine rings is 1. The maximum atomic E-state index is 11.5. The van der Waals surface area contributed by atoms with Crippen LogP contribution in [0.4, 0.5) is 0 Å². The average Bonchev–Trinajstić information content (AvgIpc) is 2.29. The highest BCUT2D eigenvalue weighted by Crippen LogP contribution is 2.19. The minimum absolute atomic E-state index is 0.0204. The molecule has 5 heteroatoms. The highest BCUT2D eigenvalue weighted by atomic mass is 16.5. The Kier molecular flexibility index (Phi) is 6.47. The Morgan fingerprint density at radius 3 is 2.59 bits per heavy atom. The second-order valence-corrected chi connectivity index (χ2v) is 4.71. The zero-order chi connectivity index (χ0) is 12.7.